The molecule has 5 heteroatoms. The molecule has 1 heterocycles. The third kappa shape index (κ3) is 3.54. The maximum Gasteiger partial charge on any atom is 0.161 e. The minimum absolute atomic E-state index is 0.737. The standard InChI is InChI=1S/C14H15Br2N3/c1-3-7-17-14-12(16)9(2)18-13(19-14)10-5-4-6-11(15)8-10/h4-6,8H,3,7H2,1-2H3,(H,17,18,19). The third-order valence-electron chi connectivity index (χ3n) is 2.64. The van der Waals surface area contributed by atoms with E-state index in [2.05, 4.69) is 54.1 Å². The van der Waals surface area contributed by atoms with Gasteiger partial charge in [0, 0.05) is 16.6 Å². The molecule has 1 aromatic heterocycles. The largest absolute Gasteiger partial charge is 0.369 e. The van der Waals surface area contributed by atoms with Crippen LogP contribution in [0.2, 0.25) is 0 Å². The minimum atomic E-state index is 0.737. The molecule has 2 aromatic rings. The van der Waals surface area contributed by atoms with Gasteiger partial charge in [-0.25, -0.2) is 9.97 Å². The number of rotatable bonds is 4. The summed E-state index contributed by atoms with van der Waals surface area (Å²) in [5.41, 5.74) is 1.94. The van der Waals surface area contributed by atoms with Crippen molar-refractivity contribution in [1.29, 1.82) is 0 Å². The molecular weight excluding hydrogens is 370 g/mol. The van der Waals surface area contributed by atoms with E-state index in [-0.39, 0.29) is 0 Å². The van der Waals surface area contributed by atoms with Crippen molar-refractivity contribution >= 4 is 37.7 Å². The Bertz CT molecular complexity index is 585. The van der Waals surface area contributed by atoms with Crippen LogP contribution in [0.4, 0.5) is 5.82 Å². The van der Waals surface area contributed by atoms with Gasteiger partial charge in [0.25, 0.3) is 0 Å². The first-order chi connectivity index (χ1) is 9.11. The summed E-state index contributed by atoms with van der Waals surface area (Å²) in [6.45, 7) is 5.00. The lowest BCUT2D eigenvalue weighted by Gasteiger charge is -2.11. The maximum absolute atomic E-state index is 4.59. The molecule has 0 fully saturated rings. The Morgan fingerprint density at radius 2 is 2.00 bits per heavy atom. The molecule has 0 atom stereocenters. The normalized spacial score (nSPS) is 10.5. The lowest BCUT2D eigenvalue weighted by atomic mass is 10.2. The van der Waals surface area contributed by atoms with Crippen LogP contribution in [-0.2, 0) is 0 Å². The Morgan fingerprint density at radius 3 is 2.68 bits per heavy atom. The number of aryl methyl sites for hydroxylation is 1. The minimum Gasteiger partial charge on any atom is -0.369 e. The van der Waals surface area contributed by atoms with E-state index in [0.29, 0.717) is 0 Å². The molecule has 0 amide bonds. The molecule has 0 bridgehead atoms. The fraction of sp³-hybridized carbons (Fsp3) is 0.286. The van der Waals surface area contributed by atoms with Crippen molar-refractivity contribution in [3.63, 3.8) is 0 Å². The first kappa shape index (κ1) is 14.5. The van der Waals surface area contributed by atoms with E-state index in [1.165, 1.54) is 0 Å². The van der Waals surface area contributed by atoms with Crippen molar-refractivity contribution in [3.8, 4) is 11.4 Å². The first-order valence-corrected chi connectivity index (χ1v) is 7.74. The average Bonchev–Trinajstić information content (AvgIpc) is 2.40. The molecule has 0 aliphatic heterocycles. The second kappa shape index (κ2) is 6.48. The molecule has 1 aromatic carbocycles. The molecule has 1 N–H and O–H groups in total. The highest BCUT2D eigenvalue weighted by atomic mass is 79.9. The smallest absolute Gasteiger partial charge is 0.161 e. The molecule has 100 valence electrons. The van der Waals surface area contributed by atoms with Crippen molar-refractivity contribution < 1.29 is 0 Å². The van der Waals surface area contributed by atoms with Crippen LogP contribution in [0, 0.1) is 6.92 Å². The monoisotopic (exact) mass is 383 g/mol. The highest BCUT2D eigenvalue weighted by molar-refractivity contribution is 9.11. The zero-order chi connectivity index (χ0) is 13.8. The molecule has 0 aliphatic carbocycles. The maximum atomic E-state index is 4.59. The highest BCUT2D eigenvalue weighted by Gasteiger charge is 2.10. The summed E-state index contributed by atoms with van der Waals surface area (Å²) in [7, 11) is 0. The zero-order valence-corrected chi connectivity index (χ0v) is 14.0. The second-order valence-electron chi connectivity index (χ2n) is 4.23. The van der Waals surface area contributed by atoms with Crippen LogP contribution in [0.3, 0.4) is 0 Å². The molecule has 2 rings (SSSR count). The van der Waals surface area contributed by atoms with Crippen LogP contribution in [0.15, 0.2) is 33.2 Å². The number of benzene rings is 1. The summed E-state index contributed by atoms with van der Waals surface area (Å²) in [4.78, 5) is 9.13. The molecule has 0 spiro atoms. The van der Waals surface area contributed by atoms with E-state index in [4.69, 9.17) is 0 Å². The molecule has 0 aliphatic rings. The van der Waals surface area contributed by atoms with Crippen LogP contribution in [0.5, 0.6) is 0 Å². The summed E-state index contributed by atoms with van der Waals surface area (Å²) >= 11 is 7.01. The van der Waals surface area contributed by atoms with Gasteiger partial charge in [-0.1, -0.05) is 35.0 Å². The molecule has 0 saturated heterocycles. The van der Waals surface area contributed by atoms with Gasteiger partial charge in [-0.3, -0.25) is 0 Å². The van der Waals surface area contributed by atoms with Crippen molar-refractivity contribution in [1.82, 2.24) is 9.97 Å². The molecule has 0 unspecified atom stereocenters. The quantitative estimate of drug-likeness (QED) is 0.822. The number of nitrogens with one attached hydrogen (secondary N) is 1. The summed E-state index contributed by atoms with van der Waals surface area (Å²) in [5, 5.41) is 3.32. The number of nitrogens with zero attached hydrogens (tertiary/aromatic N) is 2. The van der Waals surface area contributed by atoms with Crippen LogP contribution < -0.4 is 5.32 Å². The van der Waals surface area contributed by atoms with Gasteiger partial charge in [-0.2, -0.15) is 0 Å². The van der Waals surface area contributed by atoms with Crippen molar-refractivity contribution in [2.45, 2.75) is 20.3 Å². The Hall–Kier alpha value is -0.940. The van der Waals surface area contributed by atoms with Gasteiger partial charge in [0.1, 0.15) is 5.82 Å². The summed E-state index contributed by atoms with van der Waals surface area (Å²) in [5.74, 6) is 1.59. The predicted octanol–water partition coefficient (Wildman–Crippen LogP) is 4.80. The van der Waals surface area contributed by atoms with Crippen molar-refractivity contribution in [3.05, 3.63) is 38.9 Å². The lowest BCUT2D eigenvalue weighted by molar-refractivity contribution is 0.958. The molecular formula is C14H15Br2N3. The summed E-state index contributed by atoms with van der Waals surface area (Å²) in [6.07, 6.45) is 1.06. The van der Waals surface area contributed by atoms with Crippen LogP contribution >= 0.6 is 31.9 Å². The summed E-state index contributed by atoms with van der Waals surface area (Å²) < 4.78 is 1.96. The van der Waals surface area contributed by atoms with Gasteiger partial charge in [-0.15, -0.1) is 0 Å². The molecule has 0 saturated carbocycles. The topological polar surface area (TPSA) is 37.8 Å². The number of hydrogen-bond acceptors (Lipinski definition) is 3. The number of hydrogen-bond donors (Lipinski definition) is 1. The highest BCUT2D eigenvalue weighted by Crippen LogP contribution is 2.27. The molecule has 3 nitrogen and oxygen atoms in total. The van der Waals surface area contributed by atoms with Crippen molar-refractivity contribution in [2.24, 2.45) is 0 Å². The van der Waals surface area contributed by atoms with Gasteiger partial charge >= 0.3 is 0 Å². The van der Waals surface area contributed by atoms with E-state index in [1.807, 2.05) is 31.2 Å². The van der Waals surface area contributed by atoms with Crippen molar-refractivity contribution in [2.75, 3.05) is 11.9 Å². The Labute approximate surface area is 130 Å². The van der Waals surface area contributed by atoms with E-state index in [9.17, 15) is 0 Å². The van der Waals surface area contributed by atoms with E-state index in [1.54, 1.807) is 0 Å². The Kier molecular flexibility index (Phi) is 4.93. The second-order valence-corrected chi connectivity index (χ2v) is 5.94. The fourth-order valence-corrected chi connectivity index (χ4v) is 2.39. The van der Waals surface area contributed by atoms with E-state index < -0.39 is 0 Å². The number of anilines is 1. The third-order valence-corrected chi connectivity index (χ3v) is 4.08. The number of aromatic nitrogens is 2. The van der Waals surface area contributed by atoms with Gasteiger partial charge in [0.15, 0.2) is 5.82 Å². The predicted molar refractivity (Wildman–Crippen MR) is 86.4 cm³/mol. The fourth-order valence-electron chi connectivity index (χ4n) is 1.68. The average molecular weight is 385 g/mol. The lowest BCUT2D eigenvalue weighted by Crippen LogP contribution is -2.06. The van der Waals surface area contributed by atoms with Gasteiger partial charge in [0.2, 0.25) is 0 Å². The number of halogens is 2. The van der Waals surface area contributed by atoms with Gasteiger partial charge in [-0.05, 0) is 41.4 Å². The first-order valence-electron chi connectivity index (χ1n) is 6.15. The molecule has 19 heavy (non-hydrogen) atoms. The van der Waals surface area contributed by atoms with E-state index >= 15 is 0 Å². The van der Waals surface area contributed by atoms with E-state index in [0.717, 1.165) is 44.8 Å². The van der Waals surface area contributed by atoms with Gasteiger partial charge in [0.05, 0.1) is 10.2 Å². The Morgan fingerprint density at radius 1 is 1.21 bits per heavy atom. The Balaban J connectivity index is 2.44. The van der Waals surface area contributed by atoms with Gasteiger partial charge < -0.3 is 5.32 Å². The zero-order valence-electron chi connectivity index (χ0n) is 10.9. The van der Waals surface area contributed by atoms with Crippen LogP contribution in [-0.4, -0.2) is 16.5 Å². The summed E-state index contributed by atoms with van der Waals surface area (Å²) in [6, 6.07) is 8.01. The van der Waals surface area contributed by atoms with Crippen LogP contribution in [0.1, 0.15) is 19.0 Å². The van der Waals surface area contributed by atoms with Crippen LogP contribution in [0.25, 0.3) is 11.4 Å². The molecule has 0 radical (unpaired) electrons. The SMILES string of the molecule is CCCNc1nc(-c2cccc(Br)c2)nc(C)c1Br.